The first kappa shape index (κ1) is 13.5. The minimum absolute atomic E-state index is 0.220. The molecule has 2 aromatic rings. The number of aromatic hydroxyl groups is 1. The zero-order valence-electron chi connectivity index (χ0n) is 11.0. The van der Waals surface area contributed by atoms with Crippen molar-refractivity contribution in [2.24, 2.45) is 0 Å². The molecule has 0 aliphatic carbocycles. The van der Waals surface area contributed by atoms with Gasteiger partial charge in [0.1, 0.15) is 5.75 Å². The Balaban J connectivity index is 2.01. The zero-order chi connectivity index (χ0) is 13.7. The van der Waals surface area contributed by atoms with Crippen molar-refractivity contribution in [1.82, 2.24) is 9.97 Å². The first-order chi connectivity index (χ1) is 9.15. The molecule has 2 N–H and O–H groups in total. The second-order valence-electron chi connectivity index (χ2n) is 4.65. The summed E-state index contributed by atoms with van der Waals surface area (Å²) in [5.41, 5.74) is 0.816. The predicted molar refractivity (Wildman–Crippen MR) is 75.8 cm³/mol. The molecule has 0 saturated carbocycles. The fourth-order valence-electron chi connectivity index (χ4n) is 1.84. The molecule has 4 heteroatoms. The summed E-state index contributed by atoms with van der Waals surface area (Å²) in [6.45, 7) is 1.80. The molecule has 19 heavy (non-hydrogen) atoms. The van der Waals surface area contributed by atoms with Gasteiger partial charge < -0.3 is 10.2 Å². The third-order valence-corrected chi connectivity index (χ3v) is 2.84. The van der Waals surface area contributed by atoms with E-state index in [1.54, 1.807) is 31.3 Å². The number of phenolic OH excluding ortho intramolecular Hbond substituents is 1. The number of fused-ring (bicyclic) bond motifs is 1. The van der Waals surface area contributed by atoms with E-state index in [4.69, 9.17) is 5.11 Å². The lowest BCUT2D eigenvalue weighted by atomic mass is 10.1. The largest absolute Gasteiger partial charge is 0.508 e. The Morgan fingerprint density at radius 3 is 3.00 bits per heavy atom. The van der Waals surface area contributed by atoms with Gasteiger partial charge in [0, 0.05) is 11.6 Å². The number of allylic oxidation sites excluding steroid dienone is 1. The molecule has 1 unspecified atom stereocenters. The van der Waals surface area contributed by atoms with Gasteiger partial charge in [-0.15, -0.1) is 0 Å². The SMILES string of the molecule is CC(O)CCCC=Cc1ncc2cc(O)ccc2n1. The molecular formula is C15H18N2O2. The Labute approximate surface area is 112 Å². The van der Waals surface area contributed by atoms with Gasteiger partial charge in [-0.25, -0.2) is 9.97 Å². The normalized spacial score (nSPS) is 13.2. The first-order valence-corrected chi connectivity index (χ1v) is 6.45. The summed E-state index contributed by atoms with van der Waals surface area (Å²) in [6.07, 6.45) is 8.04. The summed E-state index contributed by atoms with van der Waals surface area (Å²) in [7, 11) is 0. The van der Waals surface area contributed by atoms with Gasteiger partial charge in [-0.2, -0.15) is 0 Å². The Bertz CT molecular complexity index is 579. The van der Waals surface area contributed by atoms with Crippen LogP contribution in [0.25, 0.3) is 17.0 Å². The van der Waals surface area contributed by atoms with Crippen molar-refractivity contribution in [3.63, 3.8) is 0 Å². The van der Waals surface area contributed by atoms with Gasteiger partial charge >= 0.3 is 0 Å². The number of nitrogens with zero attached hydrogens (tertiary/aromatic N) is 2. The lowest BCUT2D eigenvalue weighted by Crippen LogP contribution is -1.97. The van der Waals surface area contributed by atoms with Crippen molar-refractivity contribution in [2.45, 2.75) is 32.3 Å². The molecule has 1 aromatic carbocycles. The van der Waals surface area contributed by atoms with Crippen LogP contribution in [0.2, 0.25) is 0 Å². The molecule has 0 aliphatic heterocycles. The van der Waals surface area contributed by atoms with Gasteiger partial charge in [-0.3, -0.25) is 0 Å². The monoisotopic (exact) mass is 258 g/mol. The van der Waals surface area contributed by atoms with Crippen LogP contribution in [0.5, 0.6) is 5.75 Å². The van der Waals surface area contributed by atoms with E-state index in [-0.39, 0.29) is 11.9 Å². The van der Waals surface area contributed by atoms with Crippen LogP contribution in [0.4, 0.5) is 0 Å². The molecule has 0 saturated heterocycles. The minimum atomic E-state index is -0.238. The molecule has 1 atom stereocenters. The van der Waals surface area contributed by atoms with Crippen LogP contribution in [0.3, 0.4) is 0 Å². The number of hydrogen-bond acceptors (Lipinski definition) is 4. The highest BCUT2D eigenvalue weighted by molar-refractivity contribution is 5.79. The van der Waals surface area contributed by atoms with E-state index >= 15 is 0 Å². The molecule has 0 radical (unpaired) electrons. The molecule has 0 amide bonds. The Morgan fingerprint density at radius 1 is 1.37 bits per heavy atom. The average molecular weight is 258 g/mol. The number of rotatable bonds is 5. The second kappa shape index (κ2) is 6.29. The average Bonchev–Trinajstić information content (AvgIpc) is 2.38. The Morgan fingerprint density at radius 2 is 2.21 bits per heavy atom. The van der Waals surface area contributed by atoms with E-state index < -0.39 is 0 Å². The van der Waals surface area contributed by atoms with Crippen LogP contribution in [-0.2, 0) is 0 Å². The van der Waals surface area contributed by atoms with Crippen molar-refractivity contribution < 1.29 is 10.2 Å². The molecule has 100 valence electrons. The molecular weight excluding hydrogens is 240 g/mol. The summed E-state index contributed by atoms with van der Waals surface area (Å²) >= 11 is 0. The van der Waals surface area contributed by atoms with E-state index in [0.29, 0.717) is 5.82 Å². The summed E-state index contributed by atoms with van der Waals surface area (Å²) in [5, 5.41) is 19.3. The third kappa shape index (κ3) is 4.03. The summed E-state index contributed by atoms with van der Waals surface area (Å²) in [6, 6.07) is 5.04. The molecule has 0 aliphatic rings. The Kier molecular flexibility index (Phi) is 4.47. The quantitative estimate of drug-likeness (QED) is 0.809. The molecule has 1 aromatic heterocycles. The predicted octanol–water partition coefficient (Wildman–Crippen LogP) is 2.90. The van der Waals surface area contributed by atoms with E-state index in [9.17, 15) is 5.11 Å². The molecule has 0 bridgehead atoms. The number of aromatic nitrogens is 2. The van der Waals surface area contributed by atoms with Crippen LogP contribution >= 0.6 is 0 Å². The van der Waals surface area contributed by atoms with Crippen LogP contribution < -0.4 is 0 Å². The van der Waals surface area contributed by atoms with Crippen LogP contribution in [0.15, 0.2) is 30.5 Å². The van der Waals surface area contributed by atoms with Crippen molar-refractivity contribution in [1.29, 1.82) is 0 Å². The number of unbranched alkanes of at least 4 members (excludes halogenated alkanes) is 1. The van der Waals surface area contributed by atoms with Gasteiger partial charge in [0.05, 0.1) is 11.6 Å². The van der Waals surface area contributed by atoms with E-state index in [1.807, 2.05) is 12.2 Å². The second-order valence-corrected chi connectivity index (χ2v) is 4.65. The summed E-state index contributed by atoms with van der Waals surface area (Å²) in [4.78, 5) is 8.61. The number of benzene rings is 1. The lowest BCUT2D eigenvalue weighted by Gasteiger charge is -2.00. The molecule has 0 spiro atoms. The highest BCUT2D eigenvalue weighted by Crippen LogP contribution is 2.17. The standard InChI is InChI=1S/C15H18N2O2/c1-11(18)5-3-2-4-6-15-16-10-12-9-13(19)7-8-14(12)17-15/h4,6-11,18-19H,2-3,5H2,1H3. The number of aliphatic hydroxyl groups is 1. The number of aliphatic hydroxyl groups excluding tert-OH is 1. The third-order valence-electron chi connectivity index (χ3n) is 2.84. The van der Waals surface area contributed by atoms with Gasteiger partial charge in [-0.05, 0) is 50.5 Å². The van der Waals surface area contributed by atoms with Crippen molar-refractivity contribution in [2.75, 3.05) is 0 Å². The Hall–Kier alpha value is -1.94. The summed E-state index contributed by atoms with van der Waals surface area (Å²) in [5.74, 6) is 0.882. The maximum Gasteiger partial charge on any atom is 0.152 e. The molecule has 0 fully saturated rings. The maximum atomic E-state index is 9.35. The van der Waals surface area contributed by atoms with E-state index in [2.05, 4.69) is 9.97 Å². The summed E-state index contributed by atoms with van der Waals surface area (Å²) < 4.78 is 0. The lowest BCUT2D eigenvalue weighted by molar-refractivity contribution is 0.182. The van der Waals surface area contributed by atoms with Gasteiger partial charge in [-0.1, -0.05) is 6.08 Å². The minimum Gasteiger partial charge on any atom is -0.508 e. The van der Waals surface area contributed by atoms with Crippen molar-refractivity contribution in [3.05, 3.63) is 36.3 Å². The highest BCUT2D eigenvalue weighted by atomic mass is 16.3. The van der Waals surface area contributed by atoms with E-state index in [1.165, 1.54) is 0 Å². The number of hydrogen-bond donors (Lipinski definition) is 2. The zero-order valence-corrected chi connectivity index (χ0v) is 11.0. The van der Waals surface area contributed by atoms with Crippen molar-refractivity contribution >= 4 is 17.0 Å². The smallest absolute Gasteiger partial charge is 0.152 e. The molecule has 2 rings (SSSR count). The molecule has 1 heterocycles. The van der Waals surface area contributed by atoms with E-state index in [0.717, 1.165) is 30.2 Å². The first-order valence-electron chi connectivity index (χ1n) is 6.45. The van der Waals surface area contributed by atoms with Crippen molar-refractivity contribution in [3.8, 4) is 5.75 Å². The van der Waals surface area contributed by atoms with Crippen LogP contribution in [0, 0.1) is 0 Å². The number of phenols is 1. The van der Waals surface area contributed by atoms with Gasteiger partial charge in [0.15, 0.2) is 5.82 Å². The van der Waals surface area contributed by atoms with Gasteiger partial charge in [0.25, 0.3) is 0 Å². The van der Waals surface area contributed by atoms with Crippen LogP contribution in [0.1, 0.15) is 32.0 Å². The fourth-order valence-corrected chi connectivity index (χ4v) is 1.84. The topological polar surface area (TPSA) is 66.2 Å². The highest BCUT2D eigenvalue weighted by Gasteiger charge is 1.98. The molecule has 4 nitrogen and oxygen atoms in total. The fraction of sp³-hybridized carbons (Fsp3) is 0.333. The van der Waals surface area contributed by atoms with Gasteiger partial charge in [0.2, 0.25) is 0 Å². The maximum absolute atomic E-state index is 9.35. The van der Waals surface area contributed by atoms with Crippen LogP contribution in [-0.4, -0.2) is 26.3 Å².